The number of nitrogens with zero attached hydrogens (tertiary/aromatic N) is 5. The van der Waals surface area contributed by atoms with E-state index in [0.29, 0.717) is 11.4 Å². The zero-order chi connectivity index (χ0) is 34.6. The number of para-hydroxylation sites is 3. The van der Waals surface area contributed by atoms with Crippen LogP contribution < -0.4 is 0 Å². The number of hydrogen-bond donors (Lipinski definition) is 0. The van der Waals surface area contributed by atoms with Crippen LogP contribution in [0, 0.1) is 11.3 Å². The Bertz CT molecular complexity index is 2950. The van der Waals surface area contributed by atoms with Gasteiger partial charge in [0.05, 0.1) is 44.7 Å². The molecule has 0 unspecified atom stereocenters. The highest BCUT2D eigenvalue weighted by atomic mass is 15.0. The Hall–Kier alpha value is -7.29. The van der Waals surface area contributed by atoms with Gasteiger partial charge in [0.15, 0.2) is 5.82 Å². The maximum Gasteiger partial charge on any atom is 0.160 e. The van der Waals surface area contributed by atoms with E-state index in [1.807, 2.05) is 66.7 Å². The molecule has 52 heavy (non-hydrogen) atoms. The van der Waals surface area contributed by atoms with E-state index in [2.05, 4.69) is 124 Å². The van der Waals surface area contributed by atoms with Crippen molar-refractivity contribution < 1.29 is 0 Å². The maximum absolute atomic E-state index is 10.8. The topological polar surface area (TPSA) is 59.4 Å². The molecule has 242 valence electrons. The second-order valence-electron chi connectivity index (χ2n) is 12.9. The molecule has 0 radical (unpaired) electrons. The predicted octanol–water partition coefficient (Wildman–Crippen LogP) is 11.5. The molecule has 10 rings (SSSR count). The number of benzene rings is 7. The predicted molar refractivity (Wildman–Crippen MR) is 212 cm³/mol. The zero-order valence-corrected chi connectivity index (χ0v) is 28.0. The molecule has 0 amide bonds. The smallest absolute Gasteiger partial charge is 0.160 e. The minimum Gasteiger partial charge on any atom is -0.309 e. The fourth-order valence-electron chi connectivity index (χ4n) is 7.66. The van der Waals surface area contributed by atoms with Crippen LogP contribution >= 0.6 is 0 Å². The van der Waals surface area contributed by atoms with Crippen LogP contribution in [0.4, 0.5) is 0 Å². The van der Waals surface area contributed by atoms with Crippen LogP contribution in [-0.4, -0.2) is 19.1 Å². The fraction of sp³-hybridized carbons (Fsp3) is 0. The monoisotopic (exact) mass is 663 g/mol. The lowest BCUT2D eigenvalue weighted by molar-refractivity contribution is 1.16. The van der Waals surface area contributed by atoms with Crippen molar-refractivity contribution in [3.63, 3.8) is 0 Å². The minimum absolute atomic E-state index is 0.560. The highest BCUT2D eigenvalue weighted by molar-refractivity contribution is 6.26. The first-order valence-corrected chi connectivity index (χ1v) is 17.3. The third-order valence-electron chi connectivity index (χ3n) is 9.97. The van der Waals surface area contributed by atoms with E-state index in [4.69, 9.17) is 9.97 Å². The quantitative estimate of drug-likeness (QED) is 0.184. The number of hydrogen-bond acceptors (Lipinski definition) is 3. The molecule has 0 N–H and O–H groups in total. The highest BCUT2D eigenvalue weighted by Gasteiger charge is 2.22. The summed E-state index contributed by atoms with van der Waals surface area (Å²) >= 11 is 0. The van der Waals surface area contributed by atoms with Crippen molar-refractivity contribution in [3.8, 4) is 51.3 Å². The minimum atomic E-state index is 0.560. The first-order valence-electron chi connectivity index (χ1n) is 17.3. The van der Waals surface area contributed by atoms with Crippen LogP contribution in [0.3, 0.4) is 0 Å². The Morgan fingerprint density at radius 2 is 1.04 bits per heavy atom. The van der Waals surface area contributed by atoms with E-state index < -0.39 is 0 Å². The van der Waals surface area contributed by atoms with Crippen LogP contribution in [0.25, 0.3) is 88.9 Å². The Balaban J connectivity index is 1.24. The number of aromatic nitrogens is 4. The molecule has 0 saturated carbocycles. The van der Waals surface area contributed by atoms with Crippen LogP contribution in [-0.2, 0) is 0 Å². The van der Waals surface area contributed by atoms with Gasteiger partial charge in [-0.15, -0.1) is 0 Å². The molecule has 0 fully saturated rings. The van der Waals surface area contributed by atoms with Crippen molar-refractivity contribution in [2.75, 3.05) is 0 Å². The molecular formula is C47H29N5. The van der Waals surface area contributed by atoms with E-state index in [1.54, 1.807) is 0 Å². The van der Waals surface area contributed by atoms with Crippen LogP contribution in [0.5, 0.6) is 0 Å². The molecule has 5 nitrogen and oxygen atoms in total. The Morgan fingerprint density at radius 3 is 1.75 bits per heavy atom. The summed E-state index contributed by atoms with van der Waals surface area (Å²) in [5, 5.41) is 15.4. The second-order valence-corrected chi connectivity index (χ2v) is 12.9. The van der Waals surface area contributed by atoms with E-state index >= 15 is 0 Å². The second kappa shape index (κ2) is 11.9. The summed E-state index contributed by atoms with van der Waals surface area (Å²) in [5.41, 5.74) is 11.2. The standard InChI is InChI=1S/C47H29N5/c48-30-34-28-33(40-29-39(31-14-4-1-5-15-31)49-47(50-40)32-16-6-2-7-17-32)24-26-41(34)52-42-22-12-10-20-36(42)37-25-27-44-45(46(37)52)38-21-11-13-23-43(38)51(44)35-18-8-3-9-19-35/h1-29H. The highest BCUT2D eigenvalue weighted by Crippen LogP contribution is 2.42. The van der Waals surface area contributed by atoms with Crippen LogP contribution in [0.15, 0.2) is 176 Å². The third kappa shape index (κ3) is 4.63. The molecular weight excluding hydrogens is 635 g/mol. The van der Waals surface area contributed by atoms with Gasteiger partial charge in [-0.3, -0.25) is 0 Å². The van der Waals surface area contributed by atoms with Gasteiger partial charge in [0.25, 0.3) is 0 Å². The van der Waals surface area contributed by atoms with Crippen molar-refractivity contribution in [2.45, 2.75) is 0 Å². The Labute approximate surface area is 299 Å². The summed E-state index contributed by atoms with van der Waals surface area (Å²) < 4.78 is 4.62. The molecule has 3 aromatic heterocycles. The lowest BCUT2D eigenvalue weighted by Gasteiger charge is -2.14. The van der Waals surface area contributed by atoms with Gasteiger partial charge in [-0.1, -0.05) is 127 Å². The molecule has 10 aromatic rings. The van der Waals surface area contributed by atoms with E-state index in [1.165, 1.54) is 0 Å². The molecule has 3 heterocycles. The van der Waals surface area contributed by atoms with E-state index in [-0.39, 0.29) is 0 Å². The summed E-state index contributed by atoms with van der Waals surface area (Å²) in [6.07, 6.45) is 0. The molecule has 0 bridgehead atoms. The van der Waals surface area contributed by atoms with Crippen molar-refractivity contribution in [1.29, 1.82) is 5.26 Å². The first kappa shape index (κ1) is 29.6. The third-order valence-corrected chi connectivity index (χ3v) is 9.97. The van der Waals surface area contributed by atoms with E-state index in [0.717, 1.165) is 83.1 Å². The molecule has 7 aromatic carbocycles. The summed E-state index contributed by atoms with van der Waals surface area (Å²) in [7, 11) is 0. The molecule has 0 atom stereocenters. The molecule has 0 aliphatic rings. The van der Waals surface area contributed by atoms with Gasteiger partial charge in [0, 0.05) is 43.9 Å². The summed E-state index contributed by atoms with van der Waals surface area (Å²) in [6, 6.07) is 62.9. The van der Waals surface area contributed by atoms with Gasteiger partial charge in [-0.25, -0.2) is 9.97 Å². The molecule has 0 saturated heterocycles. The van der Waals surface area contributed by atoms with Crippen molar-refractivity contribution >= 4 is 43.6 Å². The lowest BCUT2D eigenvalue weighted by Crippen LogP contribution is -2.00. The van der Waals surface area contributed by atoms with Crippen molar-refractivity contribution in [3.05, 3.63) is 181 Å². The average Bonchev–Trinajstić information content (AvgIpc) is 3.74. The average molecular weight is 664 g/mol. The molecule has 0 aliphatic heterocycles. The summed E-state index contributed by atoms with van der Waals surface area (Å²) in [5.74, 6) is 0.638. The normalized spacial score (nSPS) is 11.4. The SMILES string of the molecule is N#Cc1cc(-c2cc(-c3ccccc3)nc(-c3ccccc3)n2)ccc1-n1c2ccccc2c2ccc3c(c4ccccc4n3-c3ccccc3)c21. The molecule has 5 heteroatoms. The van der Waals surface area contributed by atoms with Crippen molar-refractivity contribution in [1.82, 2.24) is 19.1 Å². The number of fused-ring (bicyclic) bond motifs is 7. The first-order chi connectivity index (χ1) is 25.8. The maximum atomic E-state index is 10.8. The largest absolute Gasteiger partial charge is 0.309 e. The Morgan fingerprint density at radius 1 is 0.442 bits per heavy atom. The van der Waals surface area contributed by atoms with Crippen LogP contribution in [0.2, 0.25) is 0 Å². The zero-order valence-electron chi connectivity index (χ0n) is 28.0. The van der Waals surface area contributed by atoms with Gasteiger partial charge in [-0.2, -0.15) is 5.26 Å². The summed E-state index contributed by atoms with van der Waals surface area (Å²) in [6.45, 7) is 0. The molecule has 0 aliphatic carbocycles. The summed E-state index contributed by atoms with van der Waals surface area (Å²) in [4.78, 5) is 10.0. The van der Waals surface area contributed by atoms with Gasteiger partial charge in [0.2, 0.25) is 0 Å². The fourth-order valence-corrected chi connectivity index (χ4v) is 7.66. The van der Waals surface area contributed by atoms with Crippen molar-refractivity contribution in [2.24, 2.45) is 0 Å². The van der Waals surface area contributed by atoms with Crippen LogP contribution in [0.1, 0.15) is 5.56 Å². The van der Waals surface area contributed by atoms with Gasteiger partial charge in [0.1, 0.15) is 6.07 Å². The van der Waals surface area contributed by atoms with Gasteiger partial charge < -0.3 is 9.13 Å². The van der Waals surface area contributed by atoms with Gasteiger partial charge in [-0.05, 0) is 48.5 Å². The number of rotatable bonds is 5. The lowest BCUT2D eigenvalue weighted by atomic mass is 10.0. The molecule has 0 spiro atoms. The van der Waals surface area contributed by atoms with Gasteiger partial charge >= 0.3 is 0 Å². The Kier molecular flexibility index (Phi) is 6.80. The van der Waals surface area contributed by atoms with E-state index in [9.17, 15) is 5.26 Å². The number of nitriles is 1.